The normalized spacial score (nSPS) is 21.0. The molecule has 1 unspecified atom stereocenters. The molecule has 1 aromatic heterocycles. The molecule has 2 heterocycles. The summed E-state index contributed by atoms with van der Waals surface area (Å²) in [6.07, 6.45) is 5.05. The van der Waals surface area contributed by atoms with Gasteiger partial charge in [-0.25, -0.2) is 4.98 Å². The first kappa shape index (κ1) is 12.6. The Morgan fingerprint density at radius 3 is 3.00 bits per heavy atom. The van der Waals surface area contributed by atoms with Crippen LogP contribution in [-0.2, 0) is 17.8 Å². The van der Waals surface area contributed by atoms with Crippen molar-refractivity contribution in [1.29, 1.82) is 0 Å². The van der Waals surface area contributed by atoms with Gasteiger partial charge in [0, 0.05) is 37.4 Å². The van der Waals surface area contributed by atoms with Crippen molar-refractivity contribution in [2.24, 2.45) is 5.92 Å². The zero-order chi connectivity index (χ0) is 12.3. The Balaban J connectivity index is 1.91. The molecule has 0 spiro atoms. The van der Waals surface area contributed by atoms with Crippen LogP contribution in [0.4, 0.5) is 0 Å². The molecule has 96 valence electrons. The third kappa shape index (κ3) is 3.82. The van der Waals surface area contributed by atoms with E-state index in [-0.39, 0.29) is 5.54 Å². The topological polar surface area (TPSA) is 39.1 Å². The van der Waals surface area contributed by atoms with Gasteiger partial charge in [0.2, 0.25) is 0 Å². The molecule has 2 rings (SSSR count). The van der Waals surface area contributed by atoms with Gasteiger partial charge in [-0.1, -0.05) is 0 Å². The van der Waals surface area contributed by atoms with Crippen molar-refractivity contribution in [3.05, 3.63) is 18.2 Å². The van der Waals surface area contributed by atoms with Crippen molar-refractivity contribution >= 4 is 0 Å². The Morgan fingerprint density at radius 1 is 1.53 bits per heavy atom. The third-order valence-corrected chi connectivity index (χ3v) is 3.08. The fourth-order valence-corrected chi connectivity index (χ4v) is 2.02. The summed E-state index contributed by atoms with van der Waals surface area (Å²) in [5.41, 5.74) is 1.40. The molecule has 0 saturated carbocycles. The van der Waals surface area contributed by atoms with Gasteiger partial charge in [-0.2, -0.15) is 0 Å². The largest absolute Gasteiger partial charge is 0.381 e. The molecule has 17 heavy (non-hydrogen) atoms. The van der Waals surface area contributed by atoms with Crippen LogP contribution in [0, 0.1) is 5.92 Å². The Morgan fingerprint density at radius 2 is 2.35 bits per heavy atom. The molecule has 1 aromatic rings. The van der Waals surface area contributed by atoms with Gasteiger partial charge in [-0.05, 0) is 27.2 Å². The van der Waals surface area contributed by atoms with Gasteiger partial charge in [0.05, 0.1) is 18.6 Å². The van der Waals surface area contributed by atoms with E-state index in [0.717, 1.165) is 26.3 Å². The SMILES string of the molecule is CC(C)(C)NCc1cncn1CC1CCOC1. The van der Waals surface area contributed by atoms with E-state index in [9.17, 15) is 0 Å². The second-order valence-electron chi connectivity index (χ2n) is 5.87. The van der Waals surface area contributed by atoms with Crippen LogP contribution in [0.3, 0.4) is 0 Å². The quantitative estimate of drug-likeness (QED) is 0.868. The number of rotatable bonds is 4. The van der Waals surface area contributed by atoms with Crippen LogP contribution in [0.5, 0.6) is 0 Å². The van der Waals surface area contributed by atoms with Crippen molar-refractivity contribution in [3.63, 3.8) is 0 Å². The molecule has 1 aliphatic rings. The Bertz CT molecular complexity index is 348. The van der Waals surface area contributed by atoms with Crippen LogP contribution in [0.2, 0.25) is 0 Å². The van der Waals surface area contributed by atoms with Gasteiger partial charge >= 0.3 is 0 Å². The van der Waals surface area contributed by atoms with Gasteiger partial charge in [-0.15, -0.1) is 0 Å². The van der Waals surface area contributed by atoms with Gasteiger partial charge in [0.1, 0.15) is 0 Å². The summed E-state index contributed by atoms with van der Waals surface area (Å²) in [6.45, 7) is 10.2. The zero-order valence-electron chi connectivity index (χ0n) is 11.1. The van der Waals surface area contributed by atoms with Crippen LogP contribution in [0.15, 0.2) is 12.5 Å². The number of nitrogens with one attached hydrogen (secondary N) is 1. The molecule has 0 aromatic carbocycles. The first-order valence-electron chi connectivity index (χ1n) is 6.36. The lowest BCUT2D eigenvalue weighted by Crippen LogP contribution is -2.35. The number of hydrogen-bond acceptors (Lipinski definition) is 3. The van der Waals surface area contributed by atoms with E-state index in [1.807, 2.05) is 12.5 Å². The molecule has 4 nitrogen and oxygen atoms in total. The van der Waals surface area contributed by atoms with Crippen LogP contribution in [-0.4, -0.2) is 28.3 Å². The van der Waals surface area contributed by atoms with Crippen molar-refractivity contribution in [2.75, 3.05) is 13.2 Å². The van der Waals surface area contributed by atoms with Gasteiger partial charge in [-0.3, -0.25) is 0 Å². The first-order valence-corrected chi connectivity index (χ1v) is 6.36. The summed E-state index contributed by atoms with van der Waals surface area (Å²) in [6, 6.07) is 0. The van der Waals surface area contributed by atoms with Gasteiger partial charge in [0.25, 0.3) is 0 Å². The van der Waals surface area contributed by atoms with E-state index in [1.54, 1.807) is 0 Å². The number of nitrogens with zero attached hydrogens (tertiary/aromatic N) is 2. The predicted molar refractivity (Wildman–Crippen MR) is 67.7 cm³/mol. The summed E-state index contributed by atoms with van der Waals surface area (Å²) in [5, 5.41) is 3.50. The molecule has 1 atom stereocenters. The highest BCUT2D eigenvalue weighted by atomic mass is 16.5. The highest BCUT2D eigenvalue weighted by Crippen LogP contribution is 2.16. The molecule has 1 aliphatic heterocycles. The Labute approximate surface area is 103 Å². The van der Waals surface area contributed by atoms with E-state index < -0.39 is 0 Å². The third-order valence-electron chi connectivity index (χ3n) is 3.08. The van der Waals surface area contributed by atoms with Crippen molar-refractivity contribution in [2.45, 2.75) is 45.8 Å². The second-order valence-corrected chi connectivity index (χ2v) is 5.87. The molecule has 4 heteroatoms. The molecule has 0 amide bonds. The van der Waals surface area contributed by atoms with E-state index >= 15 is 0 Å². The standard InChI is InChI=1S/C13H23N3O/c1-13(2,3)15-7-12-6-14-10-16(12)8-11-4-5-17-9-11/h6,10-11,15H,4-5,7-9H2,1-3H3. The van der Waals surface area contributed by atoms with E-state index in [0.29, 0.717) is 5.92 Å². The number of ether oxygens (including phenoxy) is 1. The molecule has 1 N–H and O–H groups in total. The lowest BCUT2D eigenvalue weighted by molar-refractivity contribution is 0.182. The minimum atomic E-state index is 0.144. The van der Waals surface area contributed by atoms with Crippen LogP contribution in [0.25, 0.3) is 0 Å². The summed E-state index contributed by atoms with van der Waals surface area (Å²) in [5.74, 6) is 0.651. The monoisotopic (exact) mass is 237 g/mol. The molecule has 0 bridgehead atoms. The molecule has 0 radical (unpaired) electrons. The zero-order valence-corrected chi connectivity index (χ0v) is 11.1. The average Bonchev–Trinajstić information content (AvgIpc) is 2.86. The molecule has 1 fully saturated rings. The molecule has 0 aliphatic carbocycles. The average molecular weight is 237 g/mol. The molecule has 1 saturated heterocycles. The maximum Gasteiger partial charge on any atom is 0.0948 e. The van der Waals surface area contributed by atoms with Crippen molar-refractivity contribution in [1.82, 2.24) is 14.9 Å². The number of hydrogen-bond donors (Lipinski definition) is 1. The van der Waals surface area contributed by atoms with Crippen molar-refractivity contribution < 1.29 is 4.74 Å². The molecular formula is C13H23N3O. The fraction of sp³-hybridized carbons (Fsp3) is 0.769. The van der Waals surface area contributed by atoms with Gasteiger partial charge < -0.3 is 14.6 Å². The highest BCUT2D eigenvalue weighted by molar-refractivity contribution is 4.99. The smallest absolute Gasteiger partial charge is 0.0948 e. The van der Waals surface area contributed by atoms with E-state index in [1.165, 1.54) is 12.1 Å². The summed E-state index contributed by atoms with van der Waals surface area (Å²) >= 11 is 0. The molecular weight excluding hydrogens is 214 g/mol. The minimum absolute atomic E-state index is 0.144. The maximum absolute atomic E-state index is 5.41. The maximum atomic E-state index is 5.41. The fourth-order valence-electron chi connectivity index (χ4n) is 2.02. The number of aromatic nitrogens is 2. The Kier molecular flexibility index (Phi) is 3.84. The minimum Gasteiger partial charge on any atom is -0.381 e. The van der Waals surface area contributed by atoms with E-state index in [2.05, 4.69) is 35.6 Å². The van der Waals surface area contributed by atoms with Gasteiger partial charge in [0.15, 0.2) is 0 Å². The Hall–Kier alpha value is -0.870. The van der Waals surface area contributed by atoms with Crippen LogP contribution in [0.1, 0.15) is 32.9 Å². The first-order chi connectivity index (χ1) is 8.04. The number of imidazole rings is 1. The van der Waals surface area contributed by atoms with Crippen LogP contribution < -0.4 is 5.32 Å². The summed E-state index contributed by atoms with van der Waals surface area (Å²) < 4.78 is 7.66. The van der Waals surface area contributed by atoms with E-state index in [4.69, 9.17) is 4.74 Å². The lowest BCUT2D eigenvalue weighted by atomic mass is 10.1. The lowest BCUT2D eigenvalue weighted by Gasteiger charge is -2.21. The highest BCUT2D eigenvalue weighted by Gasteiger charge is 2.17. The summed E-state index contributed by atoms with van der Waals surface area (Å²) in [4.78, 5) is 4.25. The summed E-state index contributed by atoms with van der Waals surface area (Å²) in [7, 11) is 0. The predicted octanol–water partition coefficient (Wildman–Crippen LogP) is 1.81. The van der Waals surface area contributed by atoms with Crippen molar-refractivity contribution in [3.8, 4) is 0 Å². The van der Waals surface area contributed by atoms with Crippen LogP contribution >= 0.6 is 0 Å². The second kappa shape index (κ2) is 5.19.